The summed E-state index contributed by atoms with van der Waals surface area (Å²) in [5, 5.41) is 3.14. The van der Waals surface area contributed by atoms with E-state index in [1.807, 2.05) is 6.07 Å². The van der Waals surface area contributed by atoms with Gasteiger partial charge in [-0.2, -0.15) is 0 Å². The molecule has 0 aliphatic carbocycles. The van der Waals surface area contributed by atoms with Gasteiger partial charge in [-0.25, -0.2) is 0 Å². The second kappa shape index (κ2) is 6.71. The van der Waals surface area contributed by atoms with Gasteiger partial charge in [0.2, 0.25) is 5.75 Å². The molecule has 0 aromatic heterocycles. The highest BCUT2D eigenvalue weighted by molar-refractivity contribution is 5.99. The number of para-hydroxylation sites is 1. The predicted octanol–water partition coefficient (Wildman–Crippen LogP) is 2.55. The lowest BCUT2D eigenvalue weighted by Gasteiger charge is -2.16. The highest BCUT2D eigenvalue weighted by Crippen LogP contribution is 2.40. The van der Waals surface area contributed by atoms with Crippen molar-refractivity contribution in [2.24, 2.45) is 5.73 Å². The average Bonchev–Trinajstić information content (AvgIpc) is 2.54. The predicted molar refractivity (Wildman–Crippen MR) is 84.3 cm³/mol. The fourth-order valence-electron chi connectivity index (χ4n) is 2.12. The minimum atomic E-state index is -0.504. The van der Waals surface area contributed by atoms with Crippen molar-refractivity contribution < 1.29 is 19.0 Å². The molecule has 6 nitrogen and oxygen atoms in total. The molecule has 0 unspecified atom stereocenters. The van der Waals surface area contributed by atoms with Crippen LogP contribution in [-0.4, -0.2) is 27.2 Å². The molecular weight excluding hydrogens is 284 g/mol. The molecule has 0 radical (unpaired) electrons. The smallest absolute Gasteiger partial charge is 0.250 e. The number of nitrogens with two attached hydrogens (primary N) is 1. The maximum atomic E-state index is 11.5. The van der Waals surface area contributed by atoms with E-state index in [0.717, 1.165) is 0 Å². The van der Waals surface area contributed by atoms with E-state index in [-0.39, 0.29) is 0 Å². The molecule has 6 heteroatoms. The van der Waals surface area contributed by atoms with Crippen LogP contribution in [0.5, 0.6) is 17.2 Å². The summed E-state index contributed by atoms with van der Waals surface area (Å²) < 4.78 is 15.9. The summed E-state index contributed by atoms with van der Waals surface area (Å²) in [6.45, 7) is 0. The monoisotopic (exact) mass is 302 g/mol. The molecule has 2 aromatic rings. The van der Waals surface area contributed by atoms with Gasteiger partial charge in [-0.1, -0.05) is 12.1 Å². The highest BCUT2D eigenvalue weighted by atomic mass is 16.5. The zero-order valence-electron chi connectivity index (χ0n) is 12.7. The lowest BCUT2D eigenvalue weighted by molar-refractivity contribution is 0.100. The standard InChI is InChI=1S/C16H18N2O4/c1-20-13-8-10(9-14(21-2)15(13)22-3)18-12-7-5-4-6-11(12)16(17)19/h4-9,18H,1-3H3,(H2,17,19). The van der Waals surface area contributed by atoms with Gasteiger partial charge < -0.3 is 25.3 Å². The summed E-state index contributed by atoms with van der Waals surface area (Å²) in [6.07, 6.45) is 0. The maximum absolute atomic E-state index is 11.5. The van der Waals surface area contributed by atoms with Crippen LogP contribution in [-0.2, 0) is 0 Å². The van der Waals surface area contributed by atoms with Crippen LogP contribution in [0, 0.1) is 0 Å². The summed E-state index contributed by atoms with van der Waals surface area (Å²) in [4.78, 5) is 11.5. The van der Waals surface area contributed by atoms with Gasteiger partial charge in [0.1, 0.15) is 0 Å². The van der Waals surface area contributed by atoms with Crippen LogP contribution >= 0.6 is 0 Å². The fraction of sp³-hybridized carbons (Fsp3) is 0.188. The van der Waals surface area contributed by atoms with Crippen LogP contribution in [0.3, 0.4) is 0 Å². The Morgan fingerprint density at radius 1 is 1.00 bits per heavy atom. The lowest BCUT2D eigenvalue weighted by Crippen LogP contribution is -2.13. The zero-order chi connectivity index (χ0) is 16.1. The van der Waals surface area contributed by atoms with Crippen molar-refractivity contribution >= 4 is 17.3 Å². The number of benzene rings is 2. The molecule has 0 heterocycles. The third-order valence-corrected chi connectivity index (χ3v) is 3.14. The maximum Gasteiger partial charge on any atom is 0.250 e. The Balaban J connectivity index is 2.44. The van der Waals surface area contributed by atoms with Crippen LogP contribution in [0.4, 0.5) is 11.4 Å². The molecule has 22 heavy (non-hydrogen) atoms. The molecule has 3 N–H and O–H groups in total. The largest absolute Gasteiger partial charge is 0.493 e. The number of carbonyl (C=O) groups excluding carboxylic acids is 1. The fourth-order valence-corrected chi connectivity index (χ4v) is 2.12. The first-order valence-electron chi connectivity index (χ1n) is 6.56. The number of primary amides is 1. The van der Waals surface area contributed by atoms with Crippen molar-refractivity contribution in [1.82, 2.24) is 0 Å². The second-order valence-corrected chi connectivity index (χ2v) is 4.45. The number of ether oxygens (including phenoxy) is 3. The third kappa shape index (κ3) is 3.06. The van der Waals surface area contributed by atoms with Gasteiger partial charge in [0.05, 0.1) is 32.6 Å². The first kappa shape index (κ1) is 15.5. The van der Waals surface area contributed by atoms with E-state index in [2.05, 4.69) is 5.32 Å². The Hall–Kier alpha value is -2.89. The molecule has 2 rings (SSSR count). The summed E-state index contributed by atoms with van der Waals surface area (Å²) in [6, 6.07) is 10.5. The normalized spacial score (nSPS) is 9.95. The molecule has 0 saturated carbocycles. The van der Waals surface area contributed by atoms with Crippen molar-refractivity contribution in [2.75, 3.05) is 26.6 Å². The Labute approximate surface area is 128 Å². The SMILES string of the molecule is COc1cc(Nc2ccccc2C(N)=O)cc(OC)c1OC. The Kier molecular flexibility index (Phi) is 4.73. The van der Waals surface area contributed by atoms with Crippen molar-refractivity contribution in [3.63, 3.8) is 0 Å². The molecular formula is C16H18N2O4. The number of methoxy groups -OCH3 is 3. The van der Waals surface area contributed by atoms with Crippen molar-refractivity contribution in [3.05, 3.63) is 42.0 Å². The number of nitrogens with one attached hydrogen (secondary N) is 1. The van der Waals surface area contributed by atoms with Crippen molar-refractivity contribution in [1.29, 1.82) is 0 Å². The first-order chi connectivity index (χ1) is 10.6. The summed E-state index contributed by atoms with van der Waals surface area (Å²) in [7, 11) is 4.62. The van der Waals surface area contributed by atoms with Crippen molar-refractivity contribution in [2.45, 2.75) is 0 Å². The van der Waals surface area contributed by atoms with E-state index in [1.54, 1.807) is 44.6 Å². The van der Waals surface area contributed by atoms with Gasteiger partial charge in [0.15, 0.2) is 11.5 Å². The number of hydrogen-bond donors (Lipinski definition) is 2. The number of hydrogen-bond acceptors (Lipinski definition) is 5. The molecule has 0 atom stereocenters. The van der Waals surface area contributed by atoms with Crippen molar-refractivity contribution in [3.8, 4) is 17.2 Å². The van der Waals surface area contributed by atoms with Gasteiger partial charge in [-0.3, -0.25) is 4.79 Å². The van der Waals surface area contributed by atoms with Gasteiger partial charge in [-0.05, 0) is 12.1 Å². The molecule has 0 spiro atoms. The van der Waals surface area contributed by atoms with Gasteiger partial charge >= 0.3 is 0 Å². The third-order valence-electron chi connectivity index (χ3n) is 3.14. The molecule has 0 aliphatic rings. The lowest BCUT2D eigenvalue weighted by atomic mass is 10.1. The van der Waals surface area contributed by atoms with E-state index in [1.165, 1.54) is 7.11 Å². The summed E-state index contributed by atoms with van der Waals surface area (Å²) >= 11 is 0. The Morgan fingerprint density at radius 3 is 2.09 bits per heavy atom. The van der Waals surface area contributed by atoms with Gasteiger partial charge in [0, 0.05) is 17.8 Å². The quantitative estimate of drug-likeness (QED) is 0.857. The van der Waals surface area contributed by atoms with Crippen LogP contribution in [0.15, 0.2) is 36.4 Å². The van der Waals surface area contributed by atoms with Crippen LogP contribution in [0.25, 0.3) is 0 Å². The Morgan fingerprint density at radius 2 is 1.59 bits per heavy atom. The second-order valence-electron chi connectivity index (χ2n) is 4.45. The van der Waals surface area contributed by atoms with E-state index in [0.29, 0.717) is 34.2 Å². The summed E-state index contributed by atoms with van der Waals surface area (Å²) in [5.41, 5.74) is 7.06. The number of anilines is 2. The van der Waals surface area contributed by atoms with E-state index < -0.39 is 5.91 Å². The highest BCUT2D eigenvalue weighted by Gasteiger charge is 2.14. The molecule has 0 bridgehead atoms. The van der Waals surface area contributed by atoms with E-state index in [9.17, 15) is 4.79 Å². The van der Waals surface area contributed by atoms with E-state index in [4.69, 9.17) is 19.9 Å². The first-order valence-corrected chi connectivity index (χ1v) is 6.56. The van der Waals surface area contributed by atoms with Gasteiger partial charge in [0.25, 0.3) is 5.91 Å². The molecule has 116 valence electrons. The molecule has 2 aromatic carbocycles. The van der Waals surface area contributed by atoms with E-state index >= 15 is 0 Å². The molecule has 0 saturated heterocycles. The molecule has 0 aliphatic heterocycles. The Bertz CT molecular complexity index is 661. The number of carbonyl (C=O) groups is 1. The minimum Gasteiger partial charge on any atom is -0.493 e. The van der Waals surface area contributed by atoms with Crippen LogP contribution in [0.2, 0.25) is 0 Å². The molecule has 0 fully saturated rings. The number of amides is 1. The van der Waals surface area contributed by atoms with Gasteiger partial charge in [-0.15, -0.1) is 0 Å². The number of rotatable bonds is 6. The van der Waals surface area contributed by atoms with Crippen LogP contribution in [0.1, 0.15) is 10.4 Å². The average molecular weight is 302 g/mol. The topological polar surface area (TPSA) is 82.8 Å². The zero-order valence-corrected chi connectivity index (χ0v) is 12.7. The molecule has 1 amide bonds. The van der Waals surface area contributed by atoms with Crippen LogP contribution < -0.4 is 25.3 Å². The minimum absolute atomic E-state index is 0.399. The summed E-state index contributed by atoms with van der Waals surface area (Å²) in [5.74, 6) is 1.02.